The normalized spacial score (nSPS) is 9.67. The van der Waals surface area contributed by atoms with Crippen molar-refractivity contribution in [1.82, 2.24) is 0 Å². The number of ether oxygens (including phenoxy) is 1. The van der Waals surface area contributed by atoms with Crippen molar-refractivity contribution in [2.24, 2.45) is 0 Å². The van der Waals surface area contributed by atoms with Gasteiger partial charge in [0.25, 0.3) is 0 Å². The Balaban J connectivity index is 3.06. The molecule has 1 aromatic carbocycles. The molecule has 0 aromatic heterocycles. The predicted molar refractivity (Wildman–Crippen MR) is 57.3 cm³/mol. The van der Waals surface area contributed by atoms with E-state index in [1.54, 1.807) is 31.2 Å². The average Bonchev–Trinajstić information content (AvgIpc) is 2.28. The minimum absolute atomic E-state index is 0.115. The van der Waals surface area contributed by atoms with E-state index in [1.165, 1.54) is 0 Å². The second kappa shape index (κ2) is 5.34. The van der Waals surface area contributed by atoms with Gasteiger partial charge in [0.2, 0.25) is 0 Å². The van der Waals surface area contributed by atoms with Crippen molar-refractivity contribution in [1.29, 1.82) is 0 Å². The van der Waals surface area contributed by atoms with E-state index in [1.807, 2.05) is 0 Å². The van der Waals surface area contributed by atoms with Crippen LogP contribution in [0.5, 0.6) is 0 Å². The molecule has 0 aliphatic carbocycles. The van der Waals surface area contributed by atoms with Gasteiger partial charge in [0.15, 0.2) is 5.78 Å². The van der Waals surface area contributed by atoms with Gasteiger partial charge in [-0.3, -0.25) is 4.79 Å². The Labute approximate surface area is 89.8 Å². The summed E-state index contributed by atoms with van der Waals surface area (Å²) in [6.45, 7) is 2.00. The molecule has 0 saturated carbocycles. The molecule has 0 heterocycles. The third-order valence-corrected chi connectivity index (χ3v) is 1.91. The number of benzene rings is 1. The second-order valence-corrected chi connectivity index (χ2v) is 2.89. The number of rotatable bonds is 4. The van der Waals surface area contributed by atoms with Crippen molar-refractivity contribution in [2.45, 2.75) is 13.2 Å². The Hall–Kier alpha value is -1.58. The highest BCUT2D eigenvalue weighted by Gasteiger charge is 2.15. The fraction of sp³-hybridized carbons (Fsp3) is 0.273. The Morgan fingerprint density at radius 2 is 1.87 bits per heavy atom. The summed E-state index contributed by atoms with van der Waals surface area (Å²) < 4.78 is 4.83. The summed E-state index contributed by atoms with van der Waals surface area (Å²) >= 11 is 0. The van der Waals surface area contributed by atoms with E-state index in [4.69, 9.17) is 12.6 Å². The van der Waals surface area contributed by atoms with Gasteiger partial charge in [0, 0.05) is 5.56 Å². The lowest BCUT2D eigenvalue weighted by Gasteiger charge is -2.06. The maximum absolute atomic E-state index is 11.5. The zero-order valence-corrected chi connectivity index (χ0v) is 8.53. The van der Waals surface area contributed by atoms with Crippen LogP contribution in [0.1, 0.15) is 27.6 Å². The van der Waals surface area contributed by atoms with Gasteiger partial charge in [-0.1, -0.05) is 18.2 Å². The molecule has 0 atom stereocenters. The van der Waals surface area contributed by atoms with Crippen LogP contribution in [-0.2, 0) is 4.74 Å². The van der Waals surface area contributed by atoms with E-state index in [9.17, 15) is 9.59 Å². The summed E-state index contributed by atoms with van der Waals surface area (Å²) in [4.78, 5) is 22.9. The van der Waals surface area contributed by atoms with Gasteiger partial charge in [-0.05, 0) is 19.3 Å². The Bertz CT molecular complexity index is 374. The number of Topliss-reactive ketones (excluding diaryl/α,β-unsaturated/α-hetero) is 1. The summed E-state index contributed by atoms with van der Waals surface area (Å²) in [5.74, 6) is -0.756. The molecule has 2 radical (unpaired) electrons. The van der Waals surface area contributed by atoms with Crippen LogP contribution in [-0.4, -0.2) is 26.2 Å². The van der Waals surface area contributed by atoms with Gasteiger partial charge in [-0.2, -0.15) is 0 Å². The molecule has 0 aliphatic heterocycles. The van der Waals surface area contributed by atoms with Crippen molar-refractivity contribution in [2.75, 3.05) is 6.61 Å². The van der Waals surface area contributed by atoms with Crippen LogP contribution >= 0.6 is 0 Å². The Kier molecular flexibility index (Phi) is 4.09. The van der Waals surface area contributed by atoms with E-state index in [-0.39, 0.29) is 24.3 Å². The van der Waals surface area contributed by atoms with E-state index in [0.29, 0.717) is 5.56 Å². The Morgan fingerprint density at radius 3 is 2.40 bits per heavy atom. The average molecular weight is 202 g/mol. The molecule has 1 aromatic rings. The molecule has 3 nitrogen and oxygen atoms in total. The van der Waals surface area contributed by atoms with Crippen LogP contribution in [0.25, 0.3) is 0 Å². The van der Waals surface area contributed by atoms with Gasteiger partial charge in [0.1, 0.15) is 0 Å². The lowest BCUT2D eigenvalue weighted by atomic mass is 9.93. The molecule has 0 fully saturated rings. The van der Waals surface area contributed by atoms with Crippen molar-refractivity contribution in [3.05, 3.63) is 35.4 Å². The zero-order chi connectivity index (χ0) is 11.3. The number of esters is 1. The standard InChI is InChI=1S/C11H11BO3/c1-2-15-11(14)9-6-4-3-5-8(9)10(13)7-12/h3-6H,2,7H2,1H3. The van der Waals surface area contributed by atoms with Crippen molar-refractivity contribution in [3.63, 3.8) is 0 Å². The molecular weight excluding hydrogens is 191 g/mol. The lowest BCUT2D eigenvalue weighted by Crippen LogP contribution is -2.11. The number of hydrogen-bond acceptors (Lipinski definition) is 3. The molecule has 0 saturated heterocycles. The molecule has 0 spiro atoms. The summed E-state index contributed by atoms with van der Waals surface area (Å²) in [6, 6.07) is 6.49. The predicted octanol–water partition coefficient (Wildman–Crippen LogP) is 1.63. The first-order valence-electron chi connectivity index (χ1n) is 4.70. The molecule has 0 amide bonds. The Morgan fingerprint density at radius 1 is 1.27 bits per heavy atom. The smallest absolute Gasteiger partial charge is 0.338 e. The summed E-state index contributed by atoms with van der Waals surface area (Å²) in [5, 5.41) is 0. The molecule has 0 N–H and O–H groups in total. The fourth-order valence-corrected chi connectivity index (χ4v) is 1.22. The highest BCUT2D eigenvalue weighted by molar-refractivity contribution is 6.25. The minimum Gasteiger partial charge on any atom is -0.462 e. The highest BCUT2D eigenvalue weighted by Crippen LogP contribution is 2.12. The van der Waals surface area contributed by atoms with E-state index in [0.717, 1.165) is 0 Å². The zero-order valence-electron chi connectivity index (χ0n) is 8.53. The molecule has 76 valence electrons. The molecule has 0 bridgehead atoms. The monoisotopic (exact) mass is 202 g/mol. The van der Waals surface area contributed by atoms with Crippen LogP contribution in [0.15, 0.2) is 24.3 Å². The topological polar surface area (TPSA) is 43.4 Å². The molecule has 15 heavy (non-hydrogen) atoms. The summed E-state index contributed by atoms with van der Waals surface area (Å²) in [6.07, 6.45) is -0.115. The van der Waals surface area contributed by atoms with Crippen LogP contribution in [0, 0.1) is 0 Å². The third-order valence-electron chi connectivity index (χ3n) is 1.91. The lowest BCUT2D eigenvalue weighted by molar-refractivity contribution is 0.0523. The van der Waals surface area contributed by atoms with E-state index in [2.05, 4.69) is 0 Å². The van der Waals surface area contributed by atoms with Crippen molar-refractivity contribution in [3.8, 4) is 0 Å². The van der Waals surface area contributed by atoms with Crippen LogP contribution in [0.4, 0.5) is 0 Å². The molecule has 0 aliphatic rings. The van der Waals surface area contributed by atoms with E-state index < -0.39 is 5.97 Å². The van der Waals surface area contributed by atoms with Gasteiger partial charge in [-0.25, -0.2) is 4.79 Å². The van der Waals surface area contributed by atoms with Crippen molar-refractivity contribution >= 4 is 19.6 Å². The number of ketones is 1. The van der Waals surface area contributed by atoms with Crippen LogP contribution in [0.3, 0.4) is 0 Å². The number of hydrogen-bond donors (Lipinski definition) is 0. The van der Waals surface area contributed by atoms with Crippen LogP contribution in [0.2, 0.25) is 6.32 Å². The SMILES string of the molecule is [B]CC(=O)c1ccccc1C(=O)OCC. The minimum atomic E-state index is -0.491. The van der Waals surface area contributed by atoms with E-state index >= 15 is 0 Å². The van der Waals surface area contributed by atoms with Crippen LogP contribution < -0.4 is 0 Å². The third kappa shape index (κ3) is 2.69. The maximum atomic E-state index is 11.5. The first-order valence-corrected chi connectivity index (χ1v) is 4.70. The van der Waals surface area contributed by atoms with Crippen molar-refractivity contribution < 1.29 is 14.3 Å². The first kappa shape index (κ1) is 11.5. The fourth-order valence-electron chi connectivity index (χ4n) is 1.22. The maximum Gasteiger partial charge on any atom is 0.338 e. The second-order valence-electron chi connectivity index (χ2n) is 2.89. The number of carbonyl (C=O) groups is 2. The first-order chi connectivity index (χ1) is 7.20. The highest BCUT2D eigenvalue weighted by atomic mass is 16.5. The summed E-state index contributed by atoms with van der Waals surface area (Å²) in [5.41, 5.74) is 0.591. The number of carbonyl (C=O) groups excluding carboxylic acids is 2. The van der Waals surface area contributed by atoms with Gasteiger partial charge in [-0.15, -0.1) is 0 Å². The van der Waals surface area contributed by atoms with Gasteiger partial charge in [0.05, 0.1) is 20.0 Å². The molecule has 0 unspecified atom stereocenters. The molecule has 4 heteroatoms. The van der Waals surface area contributed by atoms with Gasteiger partial charge >= 0.3 is 5.97 Å². The quantitative estimate of drug-likeness (QED) is 0.423. The molecule has 1 rings (SSSR count). The molecular formula is C11H11BO3. The van der Waals surface area contributed by atoms with Gasteiger partial charge < -0.3 is 4.74 Å². The largest absolute Gasteiger partial charge is 0.462 e. The summed E-state index contributed by atoms with van der Waals surface area (Å²) in [7, 11) is 5.25.